The van der Waals surface area contributed by atoms with Crippen LogP contribution in [0.3, 0.4) is 0 Å². The lowest BCUT2D eigenvalue weighted by Crippen LogP contribution is -2.25. The number of hydrogen-bond acceptors (Lipinski definition) is 0. The molecule has 0 aliphatic heterocycles. The second kappa shape index (κ2) is 8.18. The van der Waals surface area contributed by atoms with Crippen LogP contribution in [-0.4, -0.2) is 0 Å². The summed E-state index contributed by atoms with van der Waals surface area (Å²) >= 11 is 0. The first-order valence-corrected chi connectivity index (χ1v) is 9.94. The summed E-state index contributed by atoms with van der Waals surface area (Å²) in [5, 5.41) is 0. The van der Waals surface area contributed by atoms with Crippen LogP contribution >= 0.6 is 0 Å². The highest BCUT2D eigenvalue weighted by Gasteiger charge is 2.30. The van der Waals surface area contributed by atoms with Crippen molar-refractivity contribution in [3.05, 3.63) is 47.5 Å². The maximum atomic E-state index is 2.37. The molecule has 1 aromatic rings. The van der Waals surface area contributed by atoms with Gasteiger partial charge in [0.25, 0.3) is 0 Å². The molecular weight excluding hydrogens is 276 g/mol. The van der Waals surface area contributed by atoms with Crippen LogP contribution in [-0.2, 0) is 0 Å². The molecule has 0 saturated heterocycles. The molecule has 2 fully saturated rings. The van der Waals surface area contributed by atoms with E-state index in [1.54, 1.807) is 5.56 Å². The lowest BCUT2D eigenvalue weighted by Gasteiger charge is -2.38. The van der Waals surface area contributed by atoms with Crippen LogP contribution in [0.4, 0.5) is 0 Å². The predicted molar refractivity (Wildman–Crippen MR) is 101 cm³/mol. The number of benzene rings is 1. The Kier molecular flexibility index (Phi) is 5.97. The minimum absolute atomic E-state index is 0.831. The highest BCUT2D eigenvalue weighted by Crippen LogP contribution is 2.44. The van der Waals surface area contributed by atoms with E-state index in [1.165, 1.54) is 63.4 Å². The second-order valence-electron chi connectivity index (χ2n) is 8.11. The van der Waals surface area contributed by atoms with Crippen LogP contribution in [0.25, 0.3) is 0 Å². The van der Waals surface area contributed by atoms with Gasteiger partial charge in [-0.05, 0) is 101 Å². The number of hydrogen-bond donors (Lipinski definition) is 0. The van der Waals surface area contributed by atoms with Crippen molar-refractivity contribution < 1.29 is 0 Å². The molecule has 23 heavy (non-hydrogen) atoms. The van der Waals surface area contributed by atoms with E-state index in [2.05, 4.69) is 50.3 Å². The van der Waals surface area contributed by atoms with E-state index in [-0.39, 0.29) is 0 Å². The van der Waals surface area contributed by atoms with Crippen molar-refractivity contribution in [2.24, 2.45) is 17.8 Å². The molecule has 2 aliphatic rings. The standard InChI is InChI=1S/C23H34/c1-3-4-5-19-8-12-21(13-9-19)23-16-14-22(15-17-23)20-10-6-18(2)7-11-20/h3-4,6-7,10-11,19,21-23H,5,8-9,12-17H2,1-2H3/b4-3+. The Hall–Kier alpha value is -1.04. The van der Waals surface area contributed by atoms with Gasteiger partial charge in [0.1, 0.15) is 0 Å². The van der Waals surface area contributed by atoms with Crippen molar-refractivity contribution in [3.8, 4) is 0 Å². The maximum absolute atomic E-state index is 2.37. The zero-order valence-corrected chi connectivity index (χ0v) is 15.1. The summed E-state index contributed by atoms with van der Waals surface area (Å²) in [5.74, 6) is 3.87. The molecule has 0 nitrogen and oxygen atoms in total. The highest BCUT2D eigenvalue weighted by molar-refractivity contribution is 5.24. The Morgan fingerprint density at radius 2 is 1.39 bits per heavy atom. The van der Waals surface area contributed by atoms with Crippen LogP contribution in [0.15, 0.2) is 36.4 Å². The summed E-state index contributed by atoms with van der Waals surface area (Å²) < 4.78 is 0. The molecule has 0 heterocycles. The lowest BCUT2D eigenvalue weighted by atomic mass is 9.68. The van der Waals surface area contributed by atoms with Gasteiger partial charge < -0.3 is 0 Å². The largest absolute Gasteiger partial charge is 0.0917 e. The molecular formula is C23H34. The Balaban J connectivity index is 1.45. The predicted octanol–water partition coefficient (Wildman–Crippen LogP) is 7.04. The first kappa shape index (κ1) is 16.8. The van der Waals surface area contributed by atoms with E-state index in [0.717, 1.165) is 23.7 Å². The van der Waals surface area contributed by atoms with Crippen molar-refractivity contribution in [1.82, 2.24) is 0 Å². The third kappa shape index (κ3) is 4.49. The molecule has 3 rings (SSSR count). The average Bonchev–Trinajstić information content (AvgIpc) is 2.61. The Morgan fingerprint density at radius 1 is 0.826 bits per heavy atom. The van der Waals surface area contributed by atoms with Crippen molar-refractivity contribution >= 4 is 0 Å². The summed E-state index contributed by atoms with van der Waals surface area (Å²) in [5.41, 5.74) is 2.97. The fraction of sp³-hybridized carbons (Fsp3) is 0.652. The second-order valence-corrected chi connectivity index (χ2v) is 8.11. The first-order valence-electron chi connectivity index (χ1n) is 9.94. The zero-order valence-electron chi connectivity index (χ0n) is 15.1. The van der Waals surface area contributed by atoms with Gasteiger partial charge >= 0.3 is 0 Å². The molecule has 2 aliphatic carbocycles. The number of aryl methyl sites for hydroxylation is 1. The van der Waals surface area contributed by atoms with Crippen molar-refractivity contribution in [3.63, 3.8) is 0 Å². The van der Waals surface area contributed by atoms with Crippen molar-refractivity contribution in [2.75, 3.05) is 0 Å². The van der Waals surface area contributed by atoms with E-state index in [4.69, 9.17) is 0 Å². The van der Waals surface area contributed by atoms with Gasteiger partial charge in [0.15, 0.2) is 0 Å². The highest BCUT2D eigenvalue weighted by atomic mass is 14.4. The van der Waals surface area contributed by atoms with Gasteiger partial charge in [-0.3, -0.25) is 0 Å². The topological polar surface area (TPSA) is 0 Å². The van der Waals surface area contributed by atoms with Gasteiger partial charge in [0.05, 0.1) is 0 Å². The molecule has 0 spiro atoms. The molecule has 0 amide bonds. The summed E-state index contributed by atoms with van der Waals surface area (Å²) in [4.78, 5) is 0. The minimum Gasteiger partial charge on any atom is -0.0917 e. The normalized spacial score (nSPS) is 32.3. The van der Waals surface area contributed by atoms with Crippen LogP contribution in [0, 0.1) is 24.7 Å². The molecule has 0 atom stereocenters. The number of allylic oxidation sites excluding steroid dienone is 2. The maximum Gasteiger partial charge on any atom is -0.0162 e. The van der Waals surface area contributed by atoms with Gasteiger partial charge in [0, 0.05) is 0 Å². The Bertz CT molecular complexity index is 479. The van der Waals surface area contributed by atoms with Gasteiger partial charge in [-0.25, -0.2) is 0 Å². The number of rotatable bonds is 4. The summed E-state index contributed by atoms with van der Waals surface area (Å²) in [7, 11) is 0. The van der Waals surface area contributed by atoms with Crippen LogP contribution in [0.5, 0.6) is 0 Å². The van der Waals surface area contributed by atoms with Crippen molar-refractivity contribution in [2.45, 2.75) is 77.6 Å². The lowest BCUT2D eigenvalue weighted by molar-refractivity contribution is 0.160. The third-order valence-electron chi connectivity index (χ3n) is 6.58. The SMILES string of the molecule is C/C=C/CC1CCC(C2CCC(c3ccc(C)cc3)CC2)CC1. The Labute approximate surface area is 143 Å². The fourth-order valence-electron chi connectivity index (χ4n) is 4.99. The van der Waals surface area contributed by atoms with Crippen LogP contribution < -0.4 is 0 Å². The first-order chi connectivity index (χ1) is 11.3. The van der Waals surface area contributed by atoms with Gasteiger partial charge in [-0.1, -0.05) is 42.0 Å². The van der Waals surface area contributed by atoms with Crippen LogP contribution in [0.2, 0.25) is 0 Å². The van der Waals surface area contributed by atoms with E-state index < -0.39 is 0 Å². The fourth-order valence-corrected chi connectivity index (χ4v) is 4.99. The summed E-state index contributed by atoms with van der Waals surface area (Å²) in [6, 6.07) is 9.31. The smallest absolute Gasteiger partial charge is 0.0162 e. The van der Waals surface area contributed by atoms with Crippen molar-refractivity contribution in [1.29, 1.82) is 0 Å². The molecule has 0 aromatic heterocycles. The molecule has 0 N–H and O–H groups in total. The minimum atomic E-state index is 0.831. The van der Waals surface area contributed by atoms with E-state index in [0.29, 0.717) is 0 Å². The molecule has 0 radical (unpaired) electrons. The van der Waals surface area contributed by atoms with Crippen LogP contribution in [0.1, 0.15) is 81.8 Å². The monoisotopic (exact) mass is 310 g/mol. The van der Waals surface area contributed by atoms with Gasteiger partial charge in [-0.2, -0.15) is 0 Å². The Morgan fingerprint density at radius 3 is 1.96 bits per heavy atom. The van der Waals surface area contributed by atoms with Gasteiger partial charge in [0.2, 0.25) is 0 Å². The summed E-state index contributed by atoms with van der Waals surface area (Å²) in [6.07, 6.45) is 17.7. The molecule has 2 saturated carbocycles. The molecule has 126 valence electrons. The summed E-state index contributed by atoms with van der Waals surface area (Å²) in [6.45, 7) is 4.34. The molecule has 1 aromatic carbocycles. The van der Waals surface area contributed by atoms with E-state index in [1.807, 2.05) is 0 Å². The van der Waals surface area contributed by atoms with Gasteiger partial charge in [-0.15, -0.1) is 0 Å². The van der Waals surface area contributed by atoms with E-state index >= 15 is 0 Å². The quantitative estimate of drug-likeness (QED) is 0.523. The molecule has 0 unspecified atom stereocenters. The average molecular weight is 311 g/mol. The third-order valence-corrected chi connectivity index (χ3v) is 6.58. The molecule has 0 bridgehead atoms. The zero-order chi connectivity index (χ0) is 16.1. The van der Waals surface area contributed by atoms with E-state index in [9.17, 15) is 0 Å². The molecule has 0 heteroatoms.